The summed E-state index contributed by atoms with van der Waals surface area (Å²) in [5.74, 6) is 0.976. The maximum Gasteiger partial charge on any atom is 0.242 e. The lowest BCUT2D eigenvalue weighted by atomic mass is 10.1. The van der Waals surface area contributed by atoms with Crippen LogP contribution in [0.3, 0.4) is 0 Å². The number of halogens is 1. The molecular weight excluding hydrogens is 416 g/mol. The topological polar surface area (TPSA) is 49.4 Å². The molecule has 0 bridgehead atoms. The Hall–Kier alpha value is -1.98. The van der Waals surface area contributed by atoms with Gasteiger partial charge in [0.2, 0.25) is 11.8 Å². The summed E-state index contributed by atoms with van der Waals surface area (Å²) in [5, 5.41) is 3.59. The smallest absolute Gasteiger partial charge is 0.242 e. The molecule has 0 fully saturated rings. The van der Waals surface area contributed by atoms with Crippen molar-refractivity contribution in [1.82, 2.24) is 10.2 Å². The van der Waals surface area contributed by atoms with E-state index in [1.807, 2.05) is 38.1 Å². The zero-order valence-electron chi connectivity index (χ0n) is 18.0. The van der Waals surface area contributed by atoms with E-state index in [0.717, 1.165) is 17.7 Å². The van der Waals surface area contributed by atoms with Gasteiger partial charge in [-0.3, -0.25) is 9.59 Å². The van der Waals surface area contributed by atoms with Crippen molar-refractivity contribution in [3.05, 3.63) is 70.2 Å². The highest BCUT2D eigenvalue weighted by atomic mass is 35.5. The van der Waals surface area contributed by atoms with Crippen LogP contribution in [0.1, 0.15) is 43.4 Å². The van der Waals surface area contributed by atoms with Crippen LogP contribution in [0.4, 0.5) is 0 Å². The highest BCUT2D eigenvalue weighted by Gasteiger charge is 2.28. The third-order valence-electron chi connectivity index (χ3n) is 4.82. The molecule has 2 rings (SSSR count). The van der Waals surface area contributed by atoms with Crippen LogP contribution in [-0.4, -0.2) is 35.1 Å². The van der Waals surface area contributed by atoms with Gasteiger partial charge >= 0.3 is 0 Å². The van der Waals surface area contributed by atoms with Crippen molar-refractivity contribution in [3.8, 4) is 0 Å². The van der Waals surface area contributed by atoms with E-state index in [1.54, 1.807) is 16.7 Å². The van der Waals surface area contributed by atoms with Crippen molar-refractivity contribution in [2.45, 2.75) is 52.0 Å². The van der Waals surface area contributed by atoms with Gasteiger partial charge in [-0.05, 0) is 43.0 Å². The van der Waals surface area contributed by atoms with E-state index in [1.165, 1.54) is 11.1 Å². The number of thioether (sulfide) groups is 1. The summed E-state index contributed by atoms with van der Waals surface area (Å²) in [6, 6.07) is 15.3. The van der Waals surface area contributed by atoms with Crippen LogP contribution in [0.15, 0.2) is 48.5 Å². The Bertz CT molecular complexity index is 809. The number of aryl methyl sites for hydroxylation is 1. The van der Waals surface area contributed by atoms with Crippen molar-refractivity contribution in [2.75, 3.05) is 12.3 Å². The SMILES string of the molecule is CCCNC(=O)[C@@H](CC)N(Cc1ccc(Cl)cc1)C(=O)CSCc1ccc(C)cc1. The Morgan fingerprint density at radius 1 is 1.03 bits per heavy atom. The average molecular weight is 447 g/mol. The van der Waals surface area contributed by atoms with Gasteiger partial charge in [0.15, 0.2) is 0 Å². The van der Waals surface area contributed by atoms with Crippen LogP contribution in [0.2, 0.25) is 5.02 Å². The van der Waals surface area contributed by atoms with Gasteiger partial charge in [0.05, 0.1) is 5.75 Å². The molecule has 0 aliphatic carbocycles. The zero-order valence-corrected chi connectivity index (χ0v) is 19.6. The fourth-order valence-electron chi connectivity index (χ4n) is 3.10. The minimum Gasteiger partial charge on any atom is -0.354 e. The van der Waals surface area contributed by atoms with Crippen molar-refractivity contribution in [3.63, 3.8) is 0 Å². The highest BCUT2D eigenvalue weighted by Crippen LogP contribution is 2.18. The molecule has 1 atom stereocenters. The first-order chi connectivity index (χ1) is 14.4. The molecule has 0 heterocycles. The van der Waals surface area contributed by atoms with E-state index in [-0.39, 0.29) is 11.8 Å². The van der Waals surface area contributed by atoms with E-state index in [4.69, 9.17) is 11.6 Å². The zero-order chi connectivity index (χ0) is 21.9. The summed E-state index contributed by atoms with van der Waals surface area (Å²) >= 11 is 7.57. The molecule has 0 unspecified atom stereocenters. The monoisotopic (exact) mass is 446 g/mol. The molecule has 0 spiro atoms. The van der Waals surface area contributed by atoms with E-state index >= 15 is 0 Å². The molecule has 6 heteroatoms. The Morgan fingerprint density at radius 2 is 1.67 bits per heavy atom. The molecule has 162 valence electrons. The van der Waals surface area contributed by atoms with E-state index < -0.39 is 6.04 Å². The van der Waals surface area contributed by atoms with Gasteiger partial charge < -0.3 is 10.2 Å². The van der Waals surface area contributed by atoms with Crippen LogP contribution < -0.4 is 5.32 Å². The van der Waals surface area contributed by atoms with E-state index in [0.29, 0.717) is 30.3 Å². The first-order valence-corrected chi connectivity index (χ1v) is 11.9. The quantitative estimate of drug-likeness (QED) is 0.515. The van der Waals surface area contributed by atoms with Gasteiger partial charge in [-0.25, -0.2) is 0 Å². The summed E-state index contributed by atoms with van der Waals surface area (Å²) in [7, 11) is 0. The van der Waals surface area contributed by atoms with E-state index in [2.05, 4.69) is 36.5 Å². The first-order valence-electron chi connectivity index (χ1n) is 10.4. The van der Waals surface area contributed by atoms with Crippen LogP contribution in [-0.2, 0) is 21.9 Å². The number of hydrogen-bond donors (Lipinski definition) is 1. The molecule has 30 heavy (non-hydrogen) atoms. The van der Waals surface area contributed by atoms with Crippen LogP contribution in [0.25, 0.3) is 0 Å². The predicted molar refractivity (Wildman–Crippen MR) is 127 cm³/mol. The summed E-state index contributed by atoms with van der Waals surface area (Å²) < 4.78 is 0. The number of amides is 2. The molecule has 0 saturated carbocycles. The Kier molecular flexibility index (Phi) is 10.2. The minimum atomic E-state index is -0.486. The second kappa shape index (κ2) is 12.7. The third-order valence-corrected chi connectivity index (χ3v) is 6.06. The van der Waals surface area contributed by atoms with Gasteiger partial charge in [0.1, 0.15) is 6.04 Å². The summed E-state index contributed by atoms with van der Waals surface area (Å²) in [6.45, 7) is 7.01. The molecule has 0 aromatic heterocycles. The van der Waals surface area contributed by atoms with Gasteiger partial charge in [-0.1, -0.05) is 67.4 Å². The fraction of sp³-hybridized carbons (Fsp3) is 0.417. The fourth-order valence-corrected chi connectivity index (χ4v) is 4.09. The van der Waals surface area contributed by atoms with Crippen molar-refractivity contribution < 1.29 is 9.59 Å². The Labute approximate surface area is 189 Å². The number of rotatable bonds is 11. The number of carbonyl (C=O) groups is 2. The average Bonchev–Trinajstić information content (AvgIpc) is 2.74. The molecule has 1 N–H and O–H groups in total. The van der Waals surface area contributed by atoms with Crippen molar-refractivity contribution in [1.29, 1.82) is 0 Å². The second-order valence-corrected chi connectivity index (χ2v) is 8.76. The molecule has 0 saturated heterocycles. The number of hydrogen-bond acceptors (Lipinski definition) is 3. The second-order valence-electron chi connectivity index (χ2n) is 7.34. The predicted octanol–water partition coefficient (Wildman–Crippen LogP) is 5.22. The molecular formula is C24H31ClN2O2S. The molecule has 2 aromatic rings. The van der Waals surface area contributed by atoms with Gasteiger partial charge in [0, 0.05) is 23.9 Å². The van der Waals surface area contributed by atoms with Gasteiger partial charge in [-0.15, -0.1) is 11.8 Å². The van der Waals surface area contributed by atoms with Gasteiger partial charge in [-0.2, -0.15) is 0 Å². The molecule has 4 nitrogen and oxygen atoms in total. The summed E-state index contributed by atoms with van der Waals surface area (Å²) in [6.07, 6.45) is 1.43. The van der Waals surface area contributed by atoms with Crippen LogP contribution >= 0.6 is 23.4 Å². The van der Waals surface area contributed by atoms with E-state index in [9.17, 15) is 9.59 Å². The Balaban J connectivity index is 2.09. The first kappa shape index (κ1) is 24.3. The lowest BCUT2D eigenvalue weighted by Gasteiger charge is -2.30. The maximum atomic E-state index is 13.1. The molecule has 2 amide bonds. The van der Waals surface area contributed by atoms with Crippen molar-refractivity contribution in [2.24, 2.45) is 0 Å². The van der Waals surface area contributed by atoms with Crippen molar-refractivity contribution >= 4 is 35.2 Å². The molecule has 2 aromatic carbocycles. The van der Waals surface area contributed by atoms with Gasteiger partial charge in [0.25, 0.3) is 0 Å². The molecule has 0 radical (unpaired) electrons. The minimum absolute atomic E-state index is 0.0273. The third kappa shape index (κ3) is 7.69. The molecule has 0 aliphatic rings. The Morgan fingerprint density at radius 3 is 2.27 bits per heavy atom. The summed E-state index contributed by atoms with van der Waals surface area (Å²) in [5.41, 5.74) is 3.37. The maximum absolute atomic E-state index is 13.1. The highest BCUT2D eigenvalue weighted by molar-refractivity contribution is 7.99. The normalized spacial score (nSPS) is 11.7. The lowest BCUT2D eigenvalue weighted by Crippen LogP contribution is -2.49. The number of benzene rings is 2. The number of nitrogens with zero attached hydrogens (tertiary/aromatic N) is 1. The lowest BCUT2D eigenvalue weighted by molar-refractivity contribution is -0.139. The standard InChI is InChI=1S/C24H31ClN2O2S/c1-4-14-26-24(29)22(5-2)27(15-19-10-12-21(25)13-11-19)23(28)17-30-16-20-8-6-18(3)7-9-20/h6-13,22H,4-5,14-17H2,1-3H3,(H,26,29)/t22-/m1/s1. The number of carbonyl (C=O) groups excluding carboxylic acids is 2. The number of nitrogens with one attached hydrogen (secondary N) is 1. The summed E-state index contributed by atoms with van der Waals surface area (Å²) in [4.78, 5) is 27.6. The largest absolute Gasteiger partial charge is 0.354 e. The van der Waals surface area contributed by atoms with Crippen LogP contribution in [0, 0.1) is 6.92 Å². The molecule has 0 aliphatic heterocycles. The van der Waals surface area contributed by atoms with Crippen LogP contribution in [0.5, 0.6) is 0 Å².